The Hall–Kier alpha value is -1.76. The lowest BCUT2D eigenvalue weighted by Crippen LogP contribution is -2.55. The Morgan fingerprint density at radius 2 is 1.71 bits per heavy atom. The molecule has 156 valence electrons. The van der Waals surface area contributed by atoms with Crippen molar-refractivity contribution in [2.75, 3.05) is 31.1 Å². The maximum absolute atomic E-state index is 12.9. The van der Waals surface area contributed by atoms with Gasteiger partial charge in [0.15, 0.2) is 0 Å². The Bertz CT molecular complexity index is 649. The van der Waals surface area contributed by atoms with Crippen LogP contribution in [-0.2, 0) is 11.0 Å². The van der Waals surface area contributed by atoms with Gasteiger partial charge < -0.3 is 10.2 Å². The second-order valence-electron chi connectivity index (χ2n) is 7.94. The number of nitrogens with zero attached hydrogens (tertiary/aromatic N) is 2. The monoisotopic (exact) mass is 397 g/mol. The lowest BCUT2D eigenvalue weighted by molar-refractivity contribution is -0.137. The van der Waals surface area contributed by atoms with Crippen LogP contribution in [0.4, 0.5) is 18.9 Å². The van der Waals surface area contributed by atoms with Crippen LogP contribution in [0, 0.1) is 0 Å². The average Bonchev–Trinajstić information content (AvgIpc) is 2.95. The Morgan fingerprint density at radius 3 is 2.32 bits per heavy atom. The normalized spacial score (nSPS) is 21.2. The molecule has 0 radical (unpaired) electrons. The summed E-state index contributed by atoms with van der Waals surface area (Å²) >= 11 is 0. The van der Waals surface area contributed by atoms with Crippen LogP contribution in [-0.4, -0.2) is 49.1 Å². The van der Waals surface area contributed by atoms with Crippen LogP contribution in [0.3, 0.4) is 0 Å². The van der Waals surface area contributed by atoms with Crippen molar-refractivity contribution in [2.24, 2.45) is 0 Å². The van der Waals surface area contributed by atoms with Crippen molar-refractivity contribution in [2.45, 2.75) is 63.7 Å². The van der Waals surface area contributed by atoms with E-state index in [1.54, 1.807) is 6.07 Å². The topological polar surface area (TPSA) is 35.6 Å². The molecule has 2 aliphatic rings. The minimum Gasteiger partial charge on any atom is -0.369 e. The molecule has 1 aliphatic heterocycles. The minimum absolute atomic E-state index is 0.0689. The van der Waals surface area contributed by atoms with Crippen LogP contribution in [0.2, 0.25) is 0 Å². The number of rotatable bonds is 4. The van der Waals surface area contributed by atoms with Crippen LogP contribution in [0.5, 0.6) is 0 Å². The predicted octanol–water partition coefficient (Wildman–Crippen LogP) is 4.05. The molecule has 1 aromatic rings. The molecule has 3 rings (SSSR count). The van der Waals surface area contributed by atoms with Gasteiger partial charge in [-0.2, -0.15) is 13.2 Å². The lowest BCUT2D eigenvalue weighted by Gasteiger charge is -2.39. The van der Waals surface area contributed by atoms with Gasteiger partial charge in [0, 0.05) is 37.9 Å². The smallest absolute Gasteiger partial charge is 0.369 e. The van der Waals surface area contributed by atoms with Crippen LogP contribution < -0.4 is 10.2 Å². The number of piperazine rings is 1. The highest BCUT2D eigenvalue weighted by Gasteiger charge is 2.32. The fourth-order valence-corrected chi connectivity index (χ4v) is 4.16. The van der Waals surface area contributed by atoms with Gasteiger partial charge in [-0.3, -0.25) is 9.69 Å². The molecule has 1 atom stereocenters. The molecule has 1 aliphatic carbocycles. The molecule has 7 heteroatoms. The van der Waals surface area contributed by atoms with Crippen LogP contribution >= 0.6 is 0 Å². The molecule has 4 nitrogen and oxygen atoms in total. The van der Waals surface area contributed by atoms with Crippen LogP contribution in [0.1, 0.15) is 51.0 Å². The first-order valence-corrected chi connectivity index (χ1v) is 10.3. The Kier molecular flexibility index (Phi) is 6.86. The fourth-order valence-electron chi connectivity index (χ4n) is 4.16. The van der Waals surface area contributed by atoms with E-state index in [4.69, 9.17) is 0 Å². The minimum atomic E-state index is -4.33. The van der Waals surface area contributed by atoms with E-state index in [1.807, 2.05) is 11.8 Å². The molecule has 0 aromatic heterocycles. The lowest BCUT2D eigenvalue weighted by atomic mass is 10.1. The predicted molar refractivity (Wildman–Crippen MR) is 104 cm³/mol. The largest absolute Gasteiger partial charge is 0.416 e. The maximum atomic E-state index is 12.9. The summed E-state index contributed by atoms with van der Waals surface area (Å²) in [6.07, 6.45) is 2.63. The number of anilines is 1. The van der Waals surface area contributed by atoms with E-state index in [1.165, 1.54) is 37.8 Å². The molecule has 1 heterocycles. The van der Waals surface area contributed by atoms with Gasteiger partial charge in [0.2, 0.25) is 5.91 Å². The van der Waals surface area contributed by atoms with E-state index in [-0.39, 0.29) is 18.0 Å². The third kappa shape index (κ3) is 5.40. The third-order valence-corrected chi connectivity index (χ3v) is 5.98. The van der Waals surface area contributed by atoms with E-state index in [9.17, 15) is 18.0 Å². The molecule has 1 saturated heterocycles. The summed E-state index contributed by atoms with van der Waals surface area (Å²) in [7, 11) is 0. The standard InChI is InChI=1S/C21H30F3N3O/c1-16(20(28)25-18-8-4-2-3-5-9-18)26-11-13-27(14-12-26)19-10-6-7-17(15-19)21(22,23)24/h6-7,10,15-16,18H,2-5,8-9,11-14H2,1H3,(H,25,28)/t16-/m0/s1. The second kappa shape index (κ2) is 9.16. The van der Waals surface area contributed by atoms with Crippen molar-refractivity contribution in [1.29, 1.82) is 0 Å². The summed E-state index contributed by atoms with van der Waals surface area (Å²) in [6, 6.07) is 5.54. The zero-order valence-electron chi connectivity index (χ0n) is 16.5. The van der Waals surface area contributed by atoms with Gasteiger partial charge in [0.05, 0.1) is 11.6 Å². The first-order chi connectivity index (χ1) is 13.3. The molecule has 0 spiro atoms. The van der Waals surface area contributed by atoms with Crippen molar-refractivity contribution in [1.82, 2.24) is 10.2 Å². The average molecular weight is 397 g/mol. The van der Waals surface area contributed by atoms with Gasteiger partial charge in [0.1, 0.15) is 0 Å². The first kappa shape index (κ1) is 21.0. The molecule has 1 amide bonds. The third-order valence-electron chi connectivity index (χ3n) is 5.98. The molecule has 1 saturated carbocycles. The number of carbonyl (C=O) groups is 1. The molecule has 1 N–H and O–H groups in total. The first-order valence-electron chi connectivity index (χ1n) is 10.3. The number of amides is 1. The quantitative estimate of drug-likeness (QED) is 0.779. The zero-order chi connectivity index (χ0) is 20.1. The van der Waals surface area contributed by atoms with Crippen molar-refractivity contribution < 1.29 is 18.0 Å². The highest BCUT2D eigenvalue weighted by atomic mass is 19.4. The number of hydrogen-bond acceptors (Lipinski definition) is 3. The summed E-state index contributed by atoms with van der Waals surface area (Å²) in [6.45, 7) is 4.47. The summed E-state index contributed by atoms with van der Waals surface area (Å²) < 4.78 is 38.8. The van der Waals surface area contributed by atoms with Gasteiger partial charge in [-0.25, -0.2) is 0 Å². The molecule has 1 aromatic carbocycles. The van der Waals surface area contributed by atoms with Gasteiger partial charge in [-0.15, -0.1) is 0 Å². The molecule has 0 bridgehead atoms. The van der Waals surface area contributed by atoms with Gasteiger partial charge in [-0.05, 0) is 38.0 Å². The van der Waals surface area contributed by atoms with Crippen LogP contribution in [0.15, 0.2) is 24.3 Å². The van der Waals surface area contributed by atoms with Crippen molar-refractivity contribution in [3.8, 4) is 0 Å². The summed E-state index contributed by atoms with van der Waals surface area (Å²) in [5.74, 6) is 0.0689. The Balaban J connectivity index is 1.52. The van der Waals surface area contributed by atoms with Crippen molar-refractivity contribution in [3.05, 3.63) is 29.8 Å². The Morgan fingerprint density at radius 1 is 1.07 bits per heavy atom. The summed E-state index contributed by atoms with van der Waals surface area (Å²) in [5.41, 5.74) is -0.0337. The fraction of sp³-hybridized carbons (Fsp3) is 0.667. The number of hydrogen-bond donors (Lipinski definition) is 1. The van der Waals surface area contributed by atoms with E-state index < -0.39 is 11.7 Å². The van der Waals surface area contributed by atoms with Crippen molar-refractivity contribution in [3.63, 3.8) is 0 Å². The van der Waals surface area contributed by atoms with Gasteiger partial charge in [0.25, 0.3) is 0 Å². The molecule has 28 heavy (non-hydrogen) atoms. The van der Waals surface area contributed by atoms with E-state index in [0.717, 1.165) is 18.9 Å². The molecular weight excluding hydrogens is 367 g/mol. The number of carbonyl (C=O) groups excluding carboxylic acids is 1. The molecular formula is C21H30F3N3O. The van der Waals surface area contributed by atoms with E-state index in [2.05, 4.69) is 10.2 Å². The number of benzene rings is 1. The van der Waals surface area contributed by atoms with E-state index in [0.29, 0.717) is 31.9 Å². The van der Waals surface area contributed by atoms with Gasteiger partial charge >= 0.3 is 6.18 Å². The molecule has 0 unspecified atom stereocenters. The second-order valence-corrected chi connectivity index (χ2v) is 7.94. The zero-order valence-corrected chi connectivity index (χ0v) is 16.5. The molecule has 2 fully saturated rings. The summed E-state index contributed by atoms with van der Waals surface area (Å²) in [4.78, 5) is 16.7. The SMILES string of the molecule is C[C@@H](C(=O)NC1CCCCCC1)N1CCN(c2cccc(C(F)(F)F)c2)CC1. The van der Waals surface area contributed by atoms with E-state index >= 15 is 0 Å². The number of halogens is 3. The highest BCUT2D eigenvalue weighted by molar-refractivity contribution is 5.81. The summed E-state index contributed by atoms with van der Waals surface area (Å²) in [5, 5.41) is 3.20. The number of nitrogens with one attached hydrogen (secondary N) is 1. The van der Waals surface area contributed by atoms with Crippen LogP contribution in [0.25, 0.3) is 0 Å². The van der Waals surface area contributed by atoms with Crippen molar-refractivity contribution >= 4 is 11.6 Å². The Labute approximate surface area is 165 Å². The number of alkyl halides is 3. The van der Waals surface area contributed by atoms with Gasteiger partial charge in [-0.1, -0.05) is 31.7 Å². The highest BCUT2D eigenvalue weighted by Crippen LogP contribution is 2.32. The maximum Gasteiger partial charge on any atom is 0.416 e.